The van der Waals surface area contributed by atoms with Crippen LogP contribution in [0.4, 0.5) is 0 Å². The van der Waals surface area contributed by atoms with Crippen molar-refractivity contribution in [3.63, 3.8) is 0 Å². The maximum absolute atomic E-state index is 10.1. The molecule has 1 saturated heterocycles. The molecule has 1 heterocycles. The predicted molar refractivity (Wildman–Crippen MR) is 30.8 cm³/mol. The van der Waals surface area contributed by atoms with Crippen LogP contribution in [0, 0.1) is 0 Å². The van der Waals surface area contributed by atoms with E-state index >= 15 is 0 Å². The van der Waals surface area contributed by atoms with Crippen molar-refractivity contribution in [1.29, 1.82) is 0 Å². The first-order chi connectivity index (χ1) is 2.89. The van der Waals surface area contributed by atoms with E-state index in [9.17, 15) is 4.79 Å². The van der Waals surface area contributed by atoms with E-state index in [4.69, 9.17) is 0 Å². The van der Waals surface area contributed by atoms with E-state index in [0.29, 0.717) is 0 Å². The molecule has 42 valence electrons. The molecule has 0 aliphatic carbocycles. The van der Waals surface area contributed by atoms with E-state index in [2.05, 4.69) is 5.32 Å². The number of nitrogens with one attached hydrogen (secondary N) is 1. The summed E-state index contributed by atoms with van der Waals surface area (Å²) >= 11 is 0. The minimum absolute atomic E-state index is 0. The first kappa shape index (κ1) is 7.37. The molecule has 7 heavy (non-hydrogen) atoms. The zero-order valence-corrected chi connectivity index (χ0v) is 7.92. The second-order valence-corrected chi connectivity index (χ2v) is 1.45. The normalized spacial score (nSPS) is 18.0. The molecule has 0 radical (unpaired) electrons. The third-order valence-electron chi connectivity index (χ3n) is 0.903. The fraction of sp³-hybridized carbons (Fsp3) is 0.750. The Morgan fingerprint density at radius 2 is 2.29 bits per heavy atom. The van der Waals surface area contributed by atoms with Gasteiger partial charge in [0.1, 0.15) is 0 Å². The molecule has 1 amide bonds. The monoisotopic (exact) mass is 296 g/mol. The molecule has 2 nitrogen and oxygen atoms in total. The van der Waals surface area contributed by atoms with Gasteiger partial charge in [0.05, 0.1) is 0 Å². The topological polar surface area (TPSA) is 29.1 Å². The molecule has 3 heteroatoms. The molecule has 0 saturated carbocycles. The van der Waals surface area contributed by atoms with E-state index in [1.54, 1.807) is 0 Å². The van der Waals surface area contributed by atoms with Gasteiger partial charge in [-0.15, -0.1) is 0 Å². The van der Waals surface area contributed by atoms with Crippen molar-refractivity contribution in [3.8, 4) is 0 Å². The Balaban J connectivity index is 0.000000360. The van der Waals surface area contributed by atoms with Crippen molar-refractivity contribution in [2.24, 2.45) is 0 Å². The molecule has 0 unspecified atom stereocenters. The Hall–Kier alpha value is 0.366. The second kappa shape index (κ2) is 3.38. The molecule has 1 N–H and O–H groups in total. The van der Waals surface area contributed by atoms with Gasteiger partial charge in [0, 0.05) is 13.0 Å². The van der Waals surface area contributed by atoms with Gasteiger partial charge < -0.3 is 5.32 Å². The number of rotatable bonds is 0. The van der Waals surface area contributed by atoms with Crippen LogP contribution in [0.15, 0.2) is 0 Å². The zero-order chi connectivity index (χ0) is 4.41. The van der Waals surface area contributed by atoms with E-state index in [0.717, 1.165) is 19.4 Å². The first-order valence-corrected chi connectivity index (χ1v) is 2.16. The Bertz CT molecular complexity index is 66.1. The van der Waals surface area contributed by atoms with Gasteiger partial charge in [0.25, 0.3) is 0 Å². The fourth-order valence-electron chi connectivity index (χ4n) is 0.565. The number of hydrogen-bond donors (Lipinski definition) is 1. The van der Waals surface area contributed by atoms with Crippen LogP contribution in [0.25, 0.3) is 0 Å². The quantitative estimate of drug-likeness (QED) is 0.609. The van der Waals surface area contributed by atoms with Crippen LogP contribution in [0.3, 0.4) is 0 Å². The van der Waals surface area contributed by atoms with Crippen LogP contribution < -0.4 is 5.32 Å². The van der Waals surface area contributed by atoms with Crippen molar-refractivity contribution in [1.82, 2.24) is 5.32 Å². The summed E-state index contributed by atoms with van der Waals surface area (Å²) in [6.45, 7) is 0.888. The molecular formula is C4H9NOPo. The van der Waals surface area contributed by atoms with Gasteiger partial charge in [-0.05, 0) is 6.42 Å². The van der Waals surface area contributed by atoms with Crippen molar-refractivity contribution in [2.75, 3.05) is 6.54 Å². The molecule has 0 spiro atoms. The molecular weight excluding hydrogens is 287 g/mol. The Morgan fingerprint density at radius 3 is 2.43 bits per heavy atom. The van der Waals surface area contributed by atoms with Crippen LogP contribution in [0.1, 0.15) is 12.8 Å². The molecule has 1 rings (SSSR count). The summed E-state index contributed by atoms with van der Waals surface area (Å²) in [5.41, 5.74) is 0. The summed E-state index contributed by atoms with van der Waals surface area (Å²) in [6.07, 6.45) is 1.76. The minimum atomic E-state index is 0. The predicted octanol–water partition coefficient (Wildman–Crippen LogP) is -1.02. The van der Waals surface area contributed by atoms with Gasteiger partial charge in [-0.2, -0.15) is 0 Å². The first-order valence-electron chi connectivity index (χ1n) is 2.16. The van der Waals surface area contributed by atoms with Gasteiger partial charge in [-0.1, -0.05) is 0 Å². The van der Waals surface area contributed by atoms with E-state index in [1.807, 2.05) is 0 Å². The zero-order valence-electron chi connectivity index (χ0n) is 4.03. The second-order valence-electron chi connectivity index (χ2n) is 1.45. The fourth-order valence-corrected chi connectivity index (χ4v) is 0.565. The van der Waals surface area contributed by atoms with Crippen LogP contribution in [-0.2, 0) is 4.79 Å². The number of amides is 1. The van der Waals surface area contributed by atoms with Gasteiger partial charge in [0.2, 0.25) is 5.91 Å². The Kier molecular flexibility index (Phi) is 3.56. The van der Waals surface area contributed by atoms with Crippen LogP contribution in [0.5, 0.6) is 0 Å². The van der Waals surface area contributed by atoms with Crippen molar-refractivity contribution >= 4 is 32.5 Å². The average molecular weight is 296 g/mol. The van der Waals surface area contributed by atoms with Crippen molar-refractivity contribution in [3.05, 3.63) is 0 Å². The Labute approximate surface area is 62.1 Å². The summed E-state index contributed by atoms with van der Waals surface area (Å²) in [5, 5.41) is 2.68. The number of carbonyl (C=O) groups is 1. The van der Waals surface area contributed by atoms with Gasteiger partial charge in [-0.25, -0.2) is 0 Å². The van der Waals surface area contributed by atoms with Crippen molar-refractivity contribution < 1.29 is 4.79 Å². The molecule has 0 bridgehead atoms. The maximum atomic E-state index is 10.1. The summed E-state index contributed by atoms with van der Waals surface area (Å²) in [6, 6.07) is 0. The van der Waals surface area contributed by atoms with E-state index in [1.165, 1.54) is 0 Å². The molecule has 1 fully saturated rings. The molecule has 0 atom stereocenters. The van der Waals surface area contributed by atoms with Crippen LogP contribution in [0.2, 0.25) is 0 Å². The average Bonchev–Trinajstić information content (AvgIpc) is 1.86. The molecule has 0 aromatic carbocycles. The van der Waals surface area contributed by atoms with Crippen molar-refractivity contribution in [2.45, 2.75) is 12.8 Å². The summed E-state index contributed by atoms with van der Waals surface area (Å²) in [7, 11) is 0. The van der Waals surface area contributed by atoms with Gasteiger partial charge in [0.15, 0.2) is 0 Å². The van der Waals surface area contributed by atoms with Gasteiger partial charge in [-0.3, -0.25) is 4.79 Å². The molecule has 0 aromatic rings. The SMILES string of the molecule is O=C1CCCN1.[PoH2]. The standard InChI is InChI=1S/C4H7NO.Po.2H/c6-4-2-1-3-5-4;;;/h1-3H2,(H,5,6);;;. The van der Waals surface area contributed by atoms with Crippen LogP contribution >= 0.6 is 0 Å². The van der Waals surface area contributed by atoms with E-state index < -0.39 is 0 Å². The summed E-state index contributed by atoms with van der Waals surface area (Å²) in [4.78, 5) is 10.1. The molecule has 0 aromatic heterocycles. The van der Waals surface area contributed by atoms with E-state index in [-0.39, 0.29) is 32.5 Å². The Morgan fingerprint density at radius 1 is 1.57 bits per heavy atom. The third-order valence-corrected chi connectivity index (χ3v) is 0.903. The third kappa shape index (κ3) is 2.24. The van der Waals surface area contributed by atoms with Crippen LogP contribution in [-0.4, -0.2) is 39.0 Å². The summed E-state index contributed by atoms with van der Waals surface area (Å²) in [5.74, 6) is 0.204. The number of hydrogen-bond acceptors (Lipinski definition) is 1. The molecule has 1 aliphatic rings. The number of carbonyl (C=O) groups excluding carboxylic acids is 1. The van der Waals surface area contributed by atoms with Gasteiger partial charge >= 0.3 is 26.6 Å². The molecule has 1 aliphatic heterocycles. The summed E-state index contributed by atoms with van der Waals surface area (Å²) < 4.78 is 0.